The Hall–Kier alpha value is -3.34. The van der Waals surface area contributed by atoms with Crippen molar-refractivity contribution in [3.05, 3.63) is 56.0 Å². The summed E-state index contributed by atoms with van der Waals surface area (Å²) in [6.45, 7) is 2.29. The van der Waals surface area contributed by atoms with Crippen LogP contribution in [0.2, 0.25) is 0 Å². The lowest BCUT2D eigenvalue weighted by molar-refractivity contribution is 0.683. The van der Waals surface area contributed by atoms with Gasteiger partial charge in [-0.25, -0.2) is 9.78 Å². The van der Waals surface area contributed by atoms with E-state index in [0.29, 0.717) is 0 Å². The van der Waals surface area contributed by atoms with Crippen molar-refractivity contribution < 1.29 is 0 Å². The maximum absolute atomic E-state index is 12.1. The average molecular weight is 338 g/mol. The van der Waals surface area contributed by atoms with E-state index < -0.39 is 11.2 Å². The van der Waals surface area contributed by atoms with Crippen LogP contribution in [-0.4, -0.2) is 18.7 Å². The van der Waals surface area contributed by atoms with Gasteiger partial charge in [-0.1, -0.05) is 12.1 Å². The summed E-state index contributed by atoms with van der Waals surface area (Å²) < 4.78 is 4.14. The zero-order chi connectivity index (χ0) is 18.3. The summed E-state index contributed by atoms with van der Waals surface area (Å²) in [6, 6.07) is 7.77. The molecule has 0 saturated carbocycles. The molecule has 0 radical (unpaired) electrons. The molecule has 2 aromatic heterocycles. The highest BCUT2D eigenvalue weighted by atomic mass is 16.2. The SMILES string of the molecule is Cc1cccc2nc(CNc3c(C#N)c(=O)n(C)c(=O)n3C)n(C)c12. The van der Waals surface area contributed by atoms with E-state index in [9.17, 15) is 14.9 Å². The zero-order valence-electron chi connectivity index (χ0n) is 14.5. The molecule has 0 aliphatic rings. The van der Waals surface area contributed by atoms with Gasteiger partial charge in [-0.05, 0) is 18.6 Å². The Morgan fingerprint density at radius 1 is 1.16 bits per heavy atom. The van der Waals surface area contributed by atoms with Crippen molar-refractivity contribution in [2.24, 2.45) is 21.1 Å². The van der Waals surface area contributed by atoms with Gasteiger partial charge >= 0.3 is 5.69 Å². The molecule has 1 aromatic carbocycles. The molecule has 1 N–H and O–H groups in total. The molecule has 0 unspecified atom stereocenters. The molecule has 8 nitrogen and oxygen atoms in total. The lowest BCUT2D eigenvalue weighted by Gasteiger charge is -2.13. The fourth-order valence-electron chi connectivity index (χ4n) is 2.99. The molecule has 3 rings (SSSR count). The van der Waals surface area contributed by atoms with Gasteiger partial charge < -0.3 is 9.88 Å². The van der Waals surface area contributed by atoms with Gasteiger partial charge in [0.2, 0.25) is 0 Å². The van der Waals surface area contributed by atoms with Gasteiger partial charge in [0.1, 0.15) is 17.7 Å². The molecule has 2 heterocycles. The van der Waals surface area contributed by atoms with Gasteiger partial charge in [-0.3, -0.25) is 13.9 Å². The van der Waals surface area contributed by atoms with E-state index in [2.05, 4.69) is 10.3 Å². The second-order valence-electron chi connectivity index (χ2n) is 5.92. The number of nitriles is 1. The zero-order valence-corrected chi connectivity index (χ0v) is 14.5. The number of imidazole rings is 1. The number of aryl methyl sites for hydroxylation is 2. The lowest BCUT2D eigenvalue weighted by atomic mass is 10.2. The van der Waals surface area contributed by atoms with Crippen LogP contribution in [0, 0.1) is 18.3 Å². The Morgan fingerprint density at radius 2 is 1.88 bits per heavy atom. The number of rotatable bonds is 3. The molecule has 8 heteroatoms. The molecule has 0 aliphatic carbocycles. The largest absolute Gasteiger partial charge is 0.363 e. The first-order valence-corrected chi connectivity index (χ1v) is 7.71. The van der Waals surface area contributed by atoms with E-state index in [1.807, 2.05) is 42.8 Å². The highest BCUT2D eigenvalue weighted by Crippen LogP contribution is 2.19. The van der Waals surface area contributed by atoms with Crippen LogP contribution in [0.15, 0.2) is 27.8 Å². The Kier molecular flexibility index (Phi) is 3.93. The number of anilines is 1. The maximum atomic E-state index is 12.1. The number of benzene rings is 1. The van der Waals surface area contributed by atoms with E-state index in [0.717, 1.165) is 27.0 Å². The third-order valence-corrected chi connectivity index (χ3v) is 4.38. The Labute approximate surface area is 143 Å². The molecule has 0 atom stereocenters. The van der Waals surface area contributed by atoms with Gasteiger partial charge in [0.15, 0.2) is 5.56 Å². The first kappa shape index (κ1) is 16.5. The highest BCUT2D eigenvalue weighted by Gasteiger charge is 2.16. The Morgan fingerprint density at radius 3 is 2.52 bits per heavy atom. The second-order valence-corrected chi connectivity index (χ2v) is 5.92. The first-order valence-electron chi connectivity index (χ1n) is 7.71. The molecule has 0 fully saturated rings. The summed E-state index contributed by atoms with van der Waals surface area (Å²) >= 11 is 0. The van der Waals surface area contributed by atoms with Crippen LogP contribution in [0.25, 0.3) is 11.0 Å². The number of aromatic nitrogens is 4. The normalized spacial score (nSPS) is 10.8. The molecule has 0 spiro atoms. The van der Waals surface area contributed by atoms with Crippen molar-refractivity contribution in [1.82, 2.24) is 18.7 Å². The number of para-hydroxylation sites is 1. The van der Waals surface area contributed by atoms with Gasteiger partial charge in [0.25, 0.3) is 5.56 Å². The molecule has 0 aliphatic heterocycles. The highest BCUT2D eigenvalue weighted by molar-refractivity contribution is 5.79. The van der Waals surface area contributed by atoms with E-state index in [-0.39, 0.29) is 17.9 Å². The number of nitrogens with zero attached hydrogens (tertiary/aromatic N) is 5. The van der Waals surface area contributed by atoms with E-state index in [1.165, 1.54) is 18.7 Å². The van der Waals surface area contributed by atoms with Crippen LogP contribution in [0.4, 0.5) is 5.82 Å². The summed E-state index contributed by atoms with van der Waals surface area (Å²) in [5.74, 6) is 0.931. The van der Waals surface area contributed by atoms with Crippen LogP contribution in [0.3, 0.4) is 0 Å². The monoisotopic (exact) mass is 338 g/mol. The Balaban J connectivity index is 2.05. The van der Waals surface area contributed by atoms with Crippen molar-refractivity contribution in [1.29, 1.82) is 5.26 Å². The topological polar surface area (TPSA) is 97.6 Å². The minimum absolute atomic E-state index is 0.0976. The maximum Gasteiger partial charge on any atom is 0.332 e. The third-order valence-electron chi connectivity index (χ3n) is 4.38. The summed E-state index contributed by atoms with van der Waals surface area (Å²) in [5, 5.41) is 12.3. The number of fused-ring (bicyclic) bond motifs is 1. The number of hydrogen-bond acceptors (Lipinski definition) is 5. The number of nitrogens with one attached hydrogen (secondary N) is 1. The molecule has 0 saturated heterocycles. The fourth-order valence-corrected chi connectivity index (χ4v) is 2.99. The van der Waals surface area contributed by atoms with Gasteiger partial charge in [-0.2, -0.15) is 5.26 Å². The van der Waals surface area contributed by atoms with Crippen LogP contribution >= 0.6 is 0 Å². The lowest BCUT2D eigenvalue weighted by Crippen LogP contribution is -2.39. The minimum Gasteiger partial charge on any atom is -0.363 e. The van der Waals surface area contributed by atoms with Crippen molar-refractivity contribution in [3.63, 3.8) is 0 Å². The predicted octanol–water partition coefficient (Wildman–Crippen LogP) is 0.763. The molecule has 128 valence electrons. The molecule has 0 bridgehead atoms. The Bertz CT molecular complexity index is 1140. The van der Waals surface area contributed by atoms with Crippen molar-refractivity contribution in [3.8, 4) is 6.07 Å². The molecular weight excluding hydrogens is 320 g/mol. The summed E-state index contributed by atoms with van der Waals surface area (Å²) in [4.78, 5) is 28.8. The van der Waals surface area contributed by atoms with Crippen molar-refractivity contribution in [2.45, 2.75) is 13.5 Å². The average Bonchev–Trinajstić information content (AvgIpc) is 2.92. The third kappa shape index (κ3) is 2.50. The molecule has 0 amide bonds. The van der Waals surface area contributed by atoms with Crippen LogP contribution in [-0.2, 0) is 27.7 Å². The molecule has 25 heavy (non-hydrogen) atoms. The summed E-state index contributed by atoms with van der Waals surface area (Å²) in [5.41, 5.74) is 1.80. The smallest absolute Gasteiger partial charge is 0.332 e. The molecule has 3 aromatic rings. The van der Waals surface area contributed by atoms with Gasteiger partial charge in [0.05, 0.1) is 17.6 Å². The van der Waals surface area contributed by atoms with E-state index in [1.54, 1.807) is 0 Å². The van der Waals surface area contributed by atoms with Gasteiger partial charge in [-0.15, -0.1) is 0 Å². The van der Waals surface area contributed by atoms with Crippen LogP contribution in [0.5, 0.6) is 0 Å². The number of hydrogen-bond donors (Lipinski definition) is 1. The van der Waals surface area contributed by atoms with Crippen molar-refractivity contribution in [2.75, 3.05) is 5.32 Å². The van der Waals surface area contributed by atoms with E-state index in [4.69, 9.17) is 0 Å². The predicted molar refractivity (Wildman–Crippen MR) is 94.4 cm³/mol. The van der Waals surface area contributed by atoms with Crippen molar-refractivity contribution >= 4 is 16.9 Å². The van der Waals surface area contributed by atoms with Gasteiger partial charge in [0, 0.05) is 21.1 Å². The standard InChI is InChI=1S/C17H18N6O2/c1-10-6-5-7-12-14(10)21(2)13(20-12)9-19-15-11(8-18)16(24)23(4)17(25)22(15)3/h5-7,19H,9H2,1-4H3. The van der Waals surface area contributed by atoms with Crippen LogP contribution in [0.1, 0.15) is 17.0 Å². The quantitative estimate of drug-likeness (QED) is 0.760. The minimum atomic E-state index is -0.617. The fraction of sp³-hybridized carbons (Fsp3) is 0.294. The first-order chi connectivity index (χ1) is 11.9. The molecular formula is C17H18N6O2. The van der Waals surface area contributed by atoms with E-state index >= 15 is 0 Å². The van der Waals surface area contributed by atoms with Crippen LogP contribution < -0.4 is 16.6 Å². The second kappa shape index (κ2) is 5.94. The summed E-state index contributed by atoms with van der Waals surface area (Å²) in [6.07, 6.45) is 0. The summed E-state index contributed by atoms with van der Waals surface area (Å²) in [7, 11) is 4.78.